The highest BCUT2D eigenvalue weighted by molar-refractivity contribution is 7.14. The SMILES string of the molecule is CC(=O)C1=C(O)C(N(C)C)C2C(C1=O)C(=O)C1=C(O)c3c(ccc(Nc4nc(-c5ccccc5)cs4)c3O)C(C)C1C2O. The van der Waals surface area contributed by atoms with Gasteiger partial charge in [-0.2, -0.15) is 0 Å². The van der Waals surface area contributed by atoms with Crippen molar-refractivity contribution in [1.82, 2.24) is 9.88 Å². The Morgan fingerprint density at radius 1 is 1.02 bits per heavy atom. The number of fused-ring (bicyclic) bond motifs is 3. The van der Waals surface area contributed by atoms with Gasteiger partial charge in [0, 0.05) is 28.4 Å². The van der Waals surface area contributed by atoms with Gasteiger partial charge in [0.15, 0.2) is 22.5 Å². The summed E-state index contributed by atoms with van der Waals surface area (Å²) in [7, 11) is 3.26. The lowest BCUT2D eigenvalue weighted by molar-refractivity contribution is -0.143. The van der Waals surface area contributed by atoms with Crippen molar-refractivity contribution >= 4 is 45.3 Å². The first-order valence-electron chi connectivity index (χ1n) is 13.9. The third-order valence-corrected chi connectivity index (χ3v) is 9.67. The average molecular weight is 602 g/mol. The molecule has 1 heterocycles. The third-order valence-electron chi connectivity index (χ3n) is 8.91. The number of benzene rings is 2. The monoisotopic (exact) mass is 601 g/mol. The summed E-state index contributed by atoms with van der Waals surface area (Å²) in [5.74, 6) is -7.63. The van der Waals surface area contributed by atoms with Crippen molar-refractivity contribution in [2.75, 3.05) is 19.4 Å². The fourth-order valence-electron chi connectivity index (χ4n) is 7.00. The van der Waals surface area contributed by atoms with E-state index in [1.54, 1.807) is 38.1 Å². The highest BCUT2D eigenvalue weighted by Crippen LogP contribution is 2.55. The van der Waals surface area contributed by atoms with Gasteiger partial charge in [0.2, 0.25) is 0 Å². The van der Waals surface area contributed by atoms with Gasteiger partial charge in [-0.1, -0.05) is 43.3 Å². The van der Waals surface area contributed by atoms with Crippen molar-refractivity contribution in [2.45, 2.75) is 31.9 Å². The van der Waals surface area contributed by atoms with Crippen LogP contribution in [0.5, 0.6) is 5.75 Å². The highest BCUT2D eigenvalue weighted by atomic mass is 32.1. The molecule has 222 valence electrons. The van der Waals surface area contributed by atoms with Crippen molar-refractivity contribution in [1.29, 1.82) is 0 Å². The first-order chi connectivity index (χ1) is 20.4. The number of Topliss-reactive ketones (excluding diaryl/α,β-unsaturated/α-hetero) is 3. The van der Waals surface area contributed by atoms with E-state index in [-0.39, 0.29) is 22.6 Å². The zero-order valence-corrected chi connectivity index (χ0v) is 24.7. The van der Waals surface area contributed by atoms with E-state index in [0.717, 1.165) is 18.2 Å². The molecular weight excluding hydrogens is 570 g/mol. The minimum Gasteiger partial charge on any atom is -0.510 e. The normalized spacial score (nSPS) is 26.7. The molecule has 6 atom stereocenters. The molecule has 0 saturated heterocycles. The fraction of sp³-hybridized carbons (Fsp3) is 0.312. The molecule has 43 heavy (non-hydrogen) atoms. The molecule has 11 heteroatoms. The van der Waals surface area contributed by atoms with Crippen molar-refractivity contribution < 1.29 is 34.8 Å². The van der Waals surface area contributed by atoms with Gasteiger partial charge >= 0.3 is 0 Å². The largest absolute Gasteiger partial charge is 0.510 e. The first kappa shape index (κ1) is 28.8. The zero-order valence-electron chi connectivity index (χ0n) is 23.9. The predicted molar refractivity (Wildman–Crippen MR) is 161 cm³/mol. The molecule has 0 radical (unpaired) electrons. The topological polar surface area (TPSA) is 160 Å². The Bertz CT molecular complexity index is 1740. The van der Waals surface area contributed by atoms with Gasteiger partial charge in [0.25, 0.3) is 0 Å². The van der Waals surface area contributed by atoms with Crippen LogP contribution in [0.1, 0.15) is 30.9 Å². The molecule has 3 aliphatic carbocycles. The molecule has 1 aromatic heterocycles. The van der Waals surface area contributed by atoms with E-state index < -0.39 is 70.3 Å². The van der Waals surface area contributed by atoms with Crippen molar-refractivity contribution in [2.24, 2.45) is 17.8 Å². The molecule has 1 fully saturated rings. The second kappa shape index (κ2) is 10.4. The number of anilines is 2. The van der Waals surface area contributed by atoms with Crippen LogP contribution in [0.4, 0.5) is 10.8 Å². The van der Waals surface area contributed by atoms with E-state index in [0.29, 0.717) is 10.7 Å². The Balaban J connectivity index is 1.43. The Hall–Kier alpha value is -4.32. The lowest BCUT2D eigenvalue weighted by atomic mass is 9.56. The molecule has 2 aromatic carbocycles. The summed E-state index contributed by atoms with van der Waals surface area (Å²) in [6.45, 7) is 2.91. The number of aromatic hydroxyl groups is 1. The second-order valence-electron chi connectivity index (χ2n) is 11.5. The van der Waals surface area contributed by atoms with Crippen molar-refractivity contribution in [3.8, 4) is 17.0 Å². The number of hydrogen-bond acceptors (Lipinski definition) is 11. The summed E-state index contributed by atoms with van der Waals surface area (Å²) >= 11 is 1.33. The zero-order chi connectivity index (χ0) is 30.9. The number of allylic oxidation sites excluding steroid dienone is 1. The maximum absolute atomic E-state index is 14.1. The molecule has 5 N–H and O–H groups in total. The lowest BCUT2D eigenvalue weighted by Gasteiger charge is -2.50. The number of aromatic nitrogens is 1. The van der Waals surface area contributed by atoms with Crippen LogP contribution in [0.2, 0.25) is 0 Å². The molecular formula is C32H31N3O7S. The molecule has 3 aliphatic rings. The minimum atomic E-state index is -1.49. The van der Waals surface area contributed by atoms with Gasteiger partial charge in [-0.25, -0.2) is 4.98 Å². The van der Waals surface area contributed by atoms with E-state index in [2.05, 4.69) is 10.3 Å². The average Bonchev–Trinajstić information content (AvgIpc) is 3.43. The number of nitrogens with zero attached hydrogens (tertiary/aromatic N) is 2. The summed E-state index contributed by atoms with van der Waals surface area (Å²) in [4.78, 5) is 46.2. The van der Waals surface area contributed by atoms with Crippen LogP contribution in [0, 0.1) is 17.8 Å². The van der Waals surface area contributed by atoms with Gasteiger partial charge in [0.1, 0.15) is 22.8 Å². The Kier molecular flexibility index (Phi) is 6.99. The number of aliphatic hydroxyl groups excluding tert-OH is 3. The van der Waals surface area contributed by atoms with Crippen molar-refractivity contribution in [3.05, 3.63) is 75.9 Å². The van der Waals surface area contributed by atoms with Gasteiger partial charge in [-0.3, -0.25) is 19.3 Å². The van der Waals surface area contributed by atoms with Crippen LogP contribution in [-0.2, 0) is 14.4 Å². The number of thiazole rings is 1. The smallest absolute Gasteiger partial charge is 0.187 e. The Morgan fingerprint density at radius 2 is 1.72 bits per heavy atom. The van der Waals surface area contributed by atoms with E-state index in [1.165, 1.54) is 11.3 Å². The maximum Gasteiger partial charge on any atom is 0.187 e. The Morgan fingerprint density at radius 3 is 2.37 bits per heavy atom. The van der Waals surface area contributed by atoms with E-state index in [4.69, 9.17) is 0 Å². The molecule has 6 unspecified atom stereocenters. The summed E-state index contributed by atoms with van der Waals surface area (Å²) in [6.07, 6.45) is -1.33. The molecule has 0 spiro atoms. The van der Waals surface area contributed by atoms with Gasteiger partial charge in [0.05, 0.1) is 35.0 Å². The summed E-state index contributed by atoms with van der Waals surface area (Å²) < 4.78 is 0. The van der Waals surface area contributed by atoms with Crippen molar-refractivity contribution in [3.63, 3.8) is 0 Å². The van der Waals surface area contributed by atoms with E-state index >= 15 is 0 Å². The Labute approximate surface area is 251 Å². The van der Waals surface area contributed by atoms with Gasteiger partial charge in [-0.15, -0.1) is 11.3 Å². The van der Waals surface area contributed by atoms with Crippen LogP contribution >= 0.6 is 11.3 Å². The molecule has 0 bridgehead atoms. The van der Waals surface area contributed by atoms with E-state index in [1.807, 2.05) is 35.7 Å². The molecule has 6 rings (SSSR count). The maximum atomic E-state index is 14.1. The van der Waals surface area contributed by atoms with Gasteiger partial charge < -0.3 is 25.7 Å². The second-order valence-corrected chi connectivity index (χ2v) is 12.4. The van der Waals surface area contributed by atoms with Gasteiger partial charge in [-0.05, 0) is 38.6 Å². The number of rotatable bonds is 5. The number of carbonyl (C=O) groups is 3. The number of ketones is 3. The third kappa shape index (κ3) is 4.30. The van der Waals surface area contributed by atoms with Crippen LogP contribution in [0.3, 0.4) is 0 Å². The molecule has 0 amide bonds. The number of hydrogen-bond donors (Lipinski definition) is 5. The van der Waals surface area contributed by atoms with Crippen LogP contribution in [0.25, 0.3) is 17.0 Å². The summed E-state index contributed by atoms with van der Waals surface area (Å²) in [6, 6.07) is 12.0. The summed E-state index contributed by atoms with van der Waals surface area (Å²) in [5, 5.41) is 51.1. The predicted octanol–water partition coefficient (Wildman–Crippen LogP) is 4.35. The number of carbonyl (C=O) groups excluding carboxylic acids is 3. The van der Waals surface area contributed by atoms with Crippen LogP contribution in [0.15, 0.2) is 64.8 Å². The quantitative estimate of drug-likeness (QED) is 0.162. The molecule has 0 aliphatic heterocycles. The number of nitrogens with one attached hydrogen (secondary N) is 1. The first-order valence-corrected chi connectivity index (χ1v) is 14.8. The number of phenols is 1. The minimum absolute atomic E-state index is 0.0280. The van der Waals surface area contributed by atoms with E-state index in [9.17, 15) is 34.8 Å². The number of phenolic OH excluding ortho intramolecular Hbond substituents is 1. The van der Waals surface area contributed by atoms with Crippen LogP contribution in [-0.4, -0.2) is 73.9 Å². The lowest BCUT2D eigenvalue weighted by Crippen LogP contribution is -2.61. The molecule has 1 saturated carbocycles. The number of likely N-dealkylation sites (N-methyl/N-ethyl adjacent to an activating group) is 1. The number of aliphatic hydroxyl groups is 3. The summed E-state index contributed by atoms with van der Waals surface area (Å²) in [5.41, 5.74) is 1.83. The molecule has 3 aromatic rings. The fourth-order valence-corrected chi connectivity index (χ4v) is 7.74. The highest BCUT2D eigenvalue weighted by Gasteiger charge is 2.60. The standard InChI is InChI=1S/C32H31N3O7S/c1-13-16-10-11-17(33-32-34-18(12-43-32)15-8-6-5-7-9-15)26(37)21(16)29(40)23-19(13)27(38)22-24(30(23)41)28(39)20(14(2)36)31(42)25(22)35(3)4/h5-13,19,22,24-25,27,37-38,40,42H,1-4H3,(H,33,34). The van der Waals surface area contributed by atoms with Crippen LogP contribution < -0.4 is 5.32 Å². The molecule has 10 nitrogen and oxygen atoms in total.